The Labute approximate surface area is 181 Å². The second kappa shape index (κ2) is 8.19. The molecule has 0 saturated carbocycles. The molecule has 7 nitrogen and oxygen atoms in total. The molecular formula is C22H20F3N7. The number of aromatic nitrogens is 5. The van der Waals surface area contributed by atoms with Crippen LogP contribution in [0.5, 0.6) is 0 Å². The second-order valence-corrected chi connectivity index (χ2v) is 7.74. The Bertz CT molecular complexity index is 1250. The zero-order valence-corrected chi connectivity index (χ0v) is 16.9. The molecule has 1 fully saturated rings. The van der Waals surface area contributed by atoms with Gasteiger partial charge in [0, 0.05) is 22.6 Å². The first-order valence-electron chi connectivity index (χ1n) is 10.3. The standard InChI is InChI=1S/C22H20F3N7/c23-22(24,25)16-2-1-3-17(11-16)28-21-30-19(13-6-8-26-9-7-13)29-20(31-21)14-4-5-18-15(10-14)12-27-32-18/h1-5,10-13,26H,6-9H2,(H,27,32)(H,28,29,30,31). The number of anilines is 2. The Morgan fingerprint density at radius 1 is 0.969 bits per heavy atom. The average molecular weight is 439 g/mol. The summed E-state index contributed by atoms with van der Waals surface area (Å²) in [6.07, 6.45) is -0.946. The van der Waals surface area contributed by atoms with Crippen LogP contribution in [0.25, 0.3) is 22.3 Å². The zero-order valence-electron chi connectivity index (χ0n) is 16.9. The SMILES string of the molecule is FC(F)(F)c1cccc(Nc2nc(-c3ccc4[nH]ncc4c3)nc(C3CCNCC3)n2)c1. The van der Waals surface area contributed by atoms with Crippen LogP contribution in [-0.2, 0) is 6.18 Å². The second-order valence-electron chi connectivity index (χ2n) is 7.74. The van der Waals surface area contributed by atoms with Crippen molar-refractivity contribution in [1.82, 2.24) is 30.5 Å². The summed E-state index contributed by atoms with van der Waals surface area (Å²) in [5, 5.41) is 14.1. The molecule has 2 aromatic carbocycles. The lowest BCUT2D eigenvalue weighted by Crippen LogP contribution is -2.27. The summed E-state index contributed by atoms with van der Waals surface area (Å²) in [6.45, 7) is 1.73. The van der Waals surface area contributed by atoms with Crippen molar-refractivity contribution in [3.8, 4) is 11.4 Å². The van der Waals surface area contributed by atoms with Gasteiger partial charge in [0.15, 0.2) is 5.82 Å². The largest absolute Gasteiger partial charge is 0.416 e. The van der Waals surface area contributed by atoms with E-state index in [0.29, 0.717) is 11.6 Å². The normalized spacial score (nSPS) is 15.2. The molecule has 1 saturated heterocycles. The van der Waals surface area contributed by atoms with Crippen LogP contribution in [-0.4, -0.2) is 38.2 Å². The maximum atomic E-state index is 13.1. The first-order valence-corrected chi connectivity index (χ1v) is 10.3. The molecular weight excluding hydrogens is 419 g/mol. The lowest BCUT2D eigenvalue weighted by molar-refractivity contribution is -0.137. The van der Waals surface area contributed by atoms with E-state index in [1.54, 1.807) is 12.3 Å². The minimum absolute atomic E-state index is 0.151. The fourth-order valence-corrected chi connectivity index (χ4v) is 3.82. The number of hydrogen-bond donors (Lipinski definition) is 3. The highest BCUT2D eigenvalue weighted by molar-refractivity contribution is 5.82. The van der Waals surface area contributed by atoms with Crippen molar-refractivity contribution in [2.24, 2.45) is 0 Å². The van der Waals surface area contributed by atoms with Gasteiger partial charge in [0.2, 0.25) is 5.95 Å². The summed E-state index contributed by atoms with van der Waals surface area (Å²) in [4.78, 5) is 13.8. The molecule has 4 aromatic rings. The number of alkyl halides is 3. The van der Waals surface area contributed by atoms with Gasteiger partial charge < -0.3 is 10.6 Å². The van der Waals surface area contributed by atoms with Crippen molar-refractivity contribution < 1.29 is 13.2 Å². The molecule has 0 spiro atoms. The van der Waals surface area contributed by atoms with Crippen LogP contribution in [0.4, 0.5) is 24.8 Å². The molecule has 0 bridgehead atoms. The molecule has 2 aromatic heterocycles. The van der Waals surface area contributed by atoms with E-state index in [2.05, 4.69) is 30.8 Å². The fourth-order valence-electron chi connectivity index (χ4n) is 3.82. The molecule has 1 aliphatic rings. The number of benzene rings is 2. The summed E-state index contributed by atoms with van der Waals surface area (Å²) < 4.78 is 39.4. The molecule has 0 atom stereocenters. The molecule has 10 heteroatoms. The Balaban J connectivity index is 1.54. The molecule has 0 aliphatic carbocycles. The number of piperidine rings is 1. The van der Waals surface area contributed by atoms with Crippen LogP contribution in [0.3, 0.4) is 0 Å². The van der Waals surface area contributed by atoms with Crippen LogP contribution in [0.1, 0.15) is 30.1 Å². The number of fused-ring (bicyclic) bond motifs is 1. The van der Waals surface area contributed by atoms with Crippen molar-refractivity contribution in [3.05, 3.63) is 60.0 Å². The van der Waals surface area contributed by atoms with Crippen LogP contribution in [0.15, 0.2) is 48.7 Å². The Hall–Kier alpha value is -3.53. The lowest BCUT2D eigenvalue weighted by atomic mass is 9.97. The van der Waals surface area contributed by atoms with Crippen LogP contribution in [0.2, 0.25) is 0 Å². The zero-order chi connectivity index (χ0) is 22.1. The lowest BCUT2D eigenvalue weighted by Gasteiger charge is -2.22. The van der Waals surface area contributed by atoms with Gasteiger partial charge in [-0.3, -0.25) is 5.10 Å². The van der Waals surface area contributed by atoms with Gasteiger partial charge in [-0.15, -0.1) is 0 Å². The topological polar surface area (TPSA) is 91.4 Å². The first-order chi connectivity index (χ1) is 15.5. The van der Waals surface area contributed by atoms with E-state index in [1.807, 2.05) is 18.2 Å². The third kappa shape index (κ3) is 4.26. The molecule has 164 valence electrons. The summed E-state index contributed by atoms with van der Waals surface area (Å²) in [6, 6.07) is 10.7. The van der Waals surface area contributed by atoms with E-state index >= 15 is 0 Å². The highest BCUT2D eigenvalue weighted by atomic mass is 19.4. The van der Waals surface area contributed by atoms with E-state index < -0.39 is 11.7 Å². The first kappa shape index (κ1) is 20.4. The highest BCUT2D eigenvalue weighted by Gasteiger charge is 2.30. The van der Waals surface area contributed by atoms with E-state index in [9.17, 15) is 13.2 Å². The number of aromatic amines is 1. The van der Waals surface area contributed by atoms with Gasteiger partial charge >= 0.3 is 6.18 Å². The molecule has 0 unspecified atom stereocenters. The molecule has 32 heavy (non-hydrogen) atoms. The number of H-pyrrole nitrogens is 1. The number of nitrogens with one attached hydrogen (secondary N) is 3. The van der Waals surface area contributed by atoms with Crippen LogP contribution in [0, 0.1) is 0 Å². The van der Waals surface area contributed by atoms with Crippen molar-refractivity contribution in [3.63, 3.8) is 0 Å². The third-order valence-corrected chi connectivity index (χ3v) is 5.50. The Morgan fingerprint density at radius 2 is 1.81 bits per heavy atom. The summed E-state index contributed by atoms with van der Waals surface area (Å²) in [5.41, 5.74) is 1.20. The smallest absolute Gasteiger partial charge is 0.324 e. The maximum absolute atomic E-state index is 13.1. The van der Waals surface area contributed by atoms with Crippen molar-refractivity contribution in [2.75, 3.05) is 18.4 Å². The predicted octanol–water partition coefficient (Wildman–Crippen LogP) is 4.64. The van der Waals surface area contributed by atoms with Crippen LogP contribution < -0.4 is 10.6 Å². The monoisotopic (exact) mass is 439 g/mol. The number of rotatable bonds is 4. The van der Waals surface area contributed by atoms with Gasteiger partial charge in [0.1, 0.15) is 5.82 Å². The summed E-state index contributed by atoms with van der Waals surface area (Å²) in [7, 11) is 0. The van der Waals surface area contributed by atoms with E-state index in [1.165, 1.54) is 6.07 Å². The van der Waals surface area contributed by atoms with Gasteiger partial charge in [-0.05, 0) is 62.3 Å². The number of hydrogen-bond acceptors (Lipinski definition) is 6. The minimum Gasteiger partial charge on any atom is -0.324 e. The van der Waals surface area contributed by atoms with Gasteiger partial charge in [-0.2, -0.15) is 28.2 Å². The molecule has 5 rings (SSSR count). The van der Waals surface area contributed by atoms with E-state index in [-0.39, 0.29) is 17.6 Å². The summed E-state index contributed by atoms with van der Waals surface area (Å²) in [5.74, 6) is 1.47. The van der Waals surface area contributed by atoms with Crippen LogP contribution >= 0.6 is 0 Å². The minimum atomic E-state index is -4.43. The molecule has 0 radical (unpaired) electrons. The van der Waals surface area contributed by atoms with Crippen molar-refractivity contribution >= 4 is 22.5 Å². The van der Waals surface area contributed by atoms with Gasteiger partial charge in [-0.1, -0.05) is 6.07 Å². The molecule has 1 aliphatic heterocycles. The summed E-state index contributed by atoms with van der Waals surface area (Å²) >= 11 is 0. The predicted molar refractivity (Wildman–Crippen MR) is 114 cm³/mol. The van der Waals surface area contributed by atoms with Crippen molar-refractivity contribution in [1.29, 1.82) is 0 Å². The fraction of sp³-hybridized carbons (Fsp3) is 0.273. The number of nitrogens with zero attached hydrogens (tertiary/aromatic N) is 4. The molecule has 3 heterocycles. The highest BCUT2D eigenvalue weighted by Crippen LogP contribution is 2.32. The average Bonchev–Trinajstić information content (AvgIpc) is 3.27. The van der Waals surface area contributed by atoms with Gasteiger partial charge in [0.25, 0.3) is 0 Å². The van der Waals surface area contributed by atoms with Gasteiger partial charge in [0.05, 0.1) is 17.3 Å². The Morgan fingerprint density at radius 3 is 2.62 bits per heavy atom. The Kier molecular flexibility index (Phi) is 5.22. The third-order valence-electron chi connectivity index (χ3n) is 5.50. The molecule has 3 N–H and O–H groups in total. The quantitative estimate of drug-likeness (QED) is 0.429. The maximum Gasteiger partial charge on any atom is 0.416 e. The number of halogens is 3. The molecule has 0 amide bonds. The van der Waals surface area contributed by atoms with E-state index in [0.717, 1.165) is 54.5 Å². The van der Waals surface area contributed by atoms with Crippen molar-refractivity contribution in [2.45, 2.75) is 24.9 Å². The van der Waals surface area contributed by atoms with Gasteiger partial charge in [-0.25, -0.2) is 4.98 Å². The van der Waals surface area contributed by atoms with E-state index in [4.69, 9.17) is 4.98 Å².